The largest absolute Gasteiger partial charge is 0.435 e. The maximum absolute atomic E-state index is 13.8. The molecule has 1 unspecified atom stereocenters. The third-order valence-corrected chi connectivity index (χ3v) is 9.47. The summed E-state index contributed by atoms with van der Waals surface area (Å²) in [5.41, 5.74) is 4.15. The van der Waals surface area contributed by atoms with Crippen LogP contribution in [-0.2, 0) is 13.2 Å². The maximum Gasteiger partial charge on any atom is 0.435 e. The molecule has 0 bridgehead atoms. The fourth-order valence-electron chi connectivity index (χ4n) is 6.12. The minimum Gasteiger partial charge on any atom is -0.339 e. The number of rotatable bonds is 7. The molecule has 3 aromatic rings. The van der Waals surface area contributed by atoms with Gasteiger partial charge in [-0.15, -0.1) is 0 Å². The second kappa shape index (κ2) is 12.3. The number of piperidine rings is 1. The molecule has 0 radical (unpaired) electrons. The molecular weight excluding hydrogens is 665 g/mol. The number of benzene rings is 1. The highest BCUT2D eigenvalue weighted by atomic mass is 35.5. The van der Waals surface area contributed by atoms with Crippen molar-refractivity contribution >= 4 is 35.1 Å². The van der Waals surface area contributed by atoms with Gasteiger partial charge in [-0.3, -0.25) is 14.3 Å². The number of hydrogen-bond acceptors (Lipinski definition) is 6. The Balaban J connectivity index is 1.09. The van der Waals surface area contributed by atoms with Crippen molar-refractivity contribution in [3.05, 3.63) is 52.7 Å². The van der Waals surface area contributed by atoms with Gasteiger partial charge in [0.1, 0.15) is 6.04 Å². The molecule has 3 aliphatic rings. The Bertz CT molecular complexity index is 1750. The zero-order chi connectivity index (χ0) is 34.7. The number of anilines is 1. The quantitative estimate of drug-likeness (QED) is 0.310. The predicted octanol–water partition coefficient (Wildman–Crippen LogP) is 4.52. The third kappa shape index (κ3) is 6.57. The Kier molecular flexibility index (Phi) is 8.64. The lowest BCUT2D eigenvalue weighted by Gasteiger charge is -2.39. The van der Waals surface area contributed by atoms with Gasteiger partial charge in [0.05, 0.1) is 28.0 Å². The number of imidazole rings is 1. The molecule has 2 aliphatic carbocycles. The molecule has 0 spiro atoms. The van der Waals surface area contributed by atoms with E-state index in [2.05, 4.69) is 20.7 Å². The monoisotopic (exact) mass is 697 g/mol. The van der Waals surface area contributed by atoms with Gasteiger partial charge in [0.15, 0.2) is 11.5 Å². The summed E-state index contributed by atoms with van der Waals surface area (Å²) in [6.45, 7) is 0.966. The summed E-state index contributed by atoms with van der Waals surface area (Å²) in [5.74, 6) is -4.55. The van der Waals surface area contributed by atoms with E-state index in [1.165, 1.54) is 25.2 Å². The van der Waals surface area contributed by atoms with Crippen molar-refractivity contribution < 1.29 is 36.3 Å². The van der Waals surface area contributed by atoms with Crippen molar-refractivity contribution in [1.82, 2.24) is 34.4 Å². The van der Waals surface area contributed by atoms with Crippen molar-refractivity contribution in [1.29, 1.82) is 0 Å². The first-order valence-electron chi connectivity index (χ1n) is 15.3. The number of carbonyl (C=O) groups is 3. The van der Waals surface area contributed by atoms with Gasteiger partial charge in [-0.2, -0.15) is 18.3 Å². The van der Waals surface area contributed by atoms with Gasteiger partial charge in [0.25, 0.3) is 17.7 Å². The van der Waals surface area contributed by atoms with Gasteiger partial charge in [-0.05, 0) is 43.9 Å². The number of likely N-dealkylation sites (tertiary alicyclic amines) is 1. The van der Waals surface area contributed by atoms with Crippen LogP contribution in [0.4, 0.5) is 32.4 Å². The number of urea groups is 1. The van der Waals surface area contributed by atoms with Crippen LogP contribution >= 0.6 is 11.6 Å². The van der Waals surface area contributed by atoms with Crippen LogP contribution in [-0.4, -0.2) is 91.2 Å². The van der Waals surface area contributed by atoms with Gasteiger partial charge < -0.3 is 30.7 Å². The number of alkyl halides is 5. The van der Waals surface area contributed by atoms with Gasteiger partial charge in [0.2, 0.25) is 0 Å². The second-order valence-corrected chi connectivity index (χ2v) is 12.9. The SMILES string of the molecule is CN(C(=O)c1ccc(NC(=O)c2ncc(-c3cn(C4CC4(F)F)nc3C(F)(F)F)n2C)cc1Cl)C1CCN(C(=O)NC2CC(N)C2)CC1. The Morgan fingerprint density at radius 3 is 2.40 bits per heavy atom. The average molecular weight is 698 g/mol. The highest BCUT2D eigenvalue weighted by molar-refractivity contribution is 6.34. The number of nitrogens with one attached hydrogen (secondary N) is 2. The fraction of sp³-hybridized carbons (Fsp3) is 0.500. The molecule has 18 heteroatoms. The molecule has 6 rings (SSSR count). The maximum atomic E-state index is 13.8. The van der Waals surface area contributed by atoms with Crippen LogP contribution in [0.25, 0.3) is 11.3 Å². The molecule has 1 atom stereocenters. The van der Waals surface area contributed by atoms with Gasteiger partial charge >= 0.3 is 12.2 Å². The summed E-state index contributed by atoms with van der Waals surface area (Å²) in [6.07, 6.45) is -0.969. The van der Waals surface area contributed by atoms with E-state index < -0.39 is 41.7 Å². The summed E-state index contributed by atoms with van der Waals surface area (Å²) in [7, 11) is 2.97. The van der Waals surface area contributed by atoms with Crippen LogP contribution in [0.2, 0.25) is 5.02 Å². The van der Waals surface area contributed by atoms with E-state index in [1.54, 1.807) is 16.8 Å². The smallest absolute Gasteiger partial charge is 0.339 e. The summed E-state index contributed by atoms with van der Waals surface area (Å²) >= 11 is 6.45. The first kappa shape index (κ1) is 33.6. The van der Waals surface area contributed by atoms with Gasteiger partial charge in [-0.1, -0.05) is 11.6 Å². The predicted molar refractivity (Wildman–Crippen MR) is 164 cm³/mol. The Morgan fingerprint density at radius 2 is 1.81 bits per heavy atom. The highest BCUT2D eigenvalue weighted by Crippen LogP contribution is 2.53. The van der Waals surface area contributed by atoms with Crippen LogP contribution in [0.1, 0.15) is 64.8 Å². The molecule has 12 nitrogen and oxygen atoms in total. The first-order chi connectivity index (χ1) is 22.5. The number of aromatic nitrogens is 4. The Labute approximate surface area is 276 Å². The van der Waals surface area contributed by atoms with Gasteiger partial charge in [0, 0.05) is 63.6 Å². The van der Waals surface area contributed by atoms with E-state index in [0.717, 1.165) is 29.8 Å². The molecule has 258 valence electrons. The molecule has 2 aromatic heterocycles. The zero-order valence-electron chi connectivity index (χ0n) is 25.9. The highest BCUT2D eigenvalue weighted by Gasteiger charge is 2.59. The van der Waals surface area contributed by atoms with Crippen LogP contribution in [0.3, 0.4) is 0 Å². The number of hydrogen-bond donors (Lipinski definition) is 3. The molecule has 2 saturated carbocycles. The number of nitrogens with zero attached hydrogens (tertiary/aromatic N) is 6. The van der Waals surface area contributed by atoms with Crippen LogP contribution in [0.15, 0.2) is 30.6 Å². The Morgan fingerprint density at radius 1 is 1.15 bits per heavy atom. The standard InChI is InChI=1S/C30H33ClF5N9O3/c1-42(18-5-7-44(8-6-18)28(48)40-17-9-15(37)10-17)27(47)19-4-3-16(11-21(19)31)39-26(46)25-38-13-22(43(25)2)20-14-45(23-12-29(23,32)33)41-24(20)30(34,35)36/h3-4,11,13-15,17-18,23H,5-10,12,37H2,1-2H3,(H,39,46)(H,40,48). The second-order valence-electron chi connectivity index (χ2n) is 12.5. The summed E-state index contributed by atoms with van der Waals surface area (Å²) < 4.78 is 70.1. The molecule has 48 heavy (non-hydrogen) atoms. The lowest BCUT2D eigenvalue weighted by molar-refractivity contribution is -0.141. The van der Waals surface area contributed by atoms with Crippen LogP contribution in [0.5, 0.6) is 0 Å². The molecule has 4 N–H and O–H groups in total. The van der Waals surface area contributed by atoms with E-state index in [0.29, 0.717) is 30.6 Å². The zero-order valence-corrected chi connectivity index (χ0v) is 26.7. The van der Waals surface area contributed by atoms with Crippen molar-refractivity contribution in [2.45, 2.75) is 68.4 Å². The molecule has 3 fully saturated rings. The summed E-state index contributed by atoms with van der Waals surface area (Å²) in [4.78, 5) is 46.2. The number of amides is 4. The normalized spacial score (nSPS) is 22.2. The van der Waals surface area contributed by atoms with E-state index in [9.17, 15) is 36.3 Å². The molecule has 1 aliphatic heterocycles. The average Bonchev–Trinajstić information content (AvgIpc) is 3.30. The number of halogens is 6. The van der Waals surface area contributed by atoms with Crippen molar-refractivity contribution in [2.75, 3.05) is 25.5 Å². The van der Waals surface area contributed by atoms with Crippen LogP contribution < -0.4 is 16.4 Å². The molecule has 3 heterocycles. The van der Waals surface area contributed by atoms with Crippen molar-refractivity contribution in [2.24, 2.45) is 12.8 Å². The van der Waals surface area contributed by atoms with Crippen LogP contribution in [0, 0.1) is 0 Å². The van der Waals surface area contributed by atoms with Crippen molar-refractivity contribution in [3.8, 4) is 11.3 Å². The molecule has 1 aromatic carbocycles. The van der Waals surface area contributed by atoms with Gasteiger partial charge in [-0.25, -0.2) is 18.6 Å². The number of nitrogens with two attached hydrogens (primary N) is 1. The van der Waals surface area contributed by atoms with E-state index in [1.807, 2.05) is 0 Å². The van der Waals surface area contributed by atoms with E-state index in [-0.39, 0.29) is 57.9 Å². The Hall–Kier alpha value is -4.25. The minimum absolute atomic E-state index is 0.0554. The third-order valence-electron chi connectivity index (χ3n) is 9.16. The molecular formula is C30H33ClF5N9O3. The first-order valence-corrected chi connectivity index (χ1v) is 15.7. The van der Waals surface area contributed by atoms with E-state index in [4.69, 9.17) is 17.3 Å². The van der Waals surface area contributed by atoms with E-state index >= 15 is 0 Å². The molecule has 4 amide bonds. The fourth-order valence-corrected chi connectivity index (χ4v) is 6.38. The van der Waals surface area contributed by atoms with Crippen molar-refractivity contribution in [3.63, 3.8) is 0 Å². The lowest BCUT2D eigenvalue weighted by Crippen LogP contribution is -2.56. The molecule has 1 saturated heterocycles. The number of carbonyl (C=O) groups excluding carboxylic acids is 3. The minimum atomic E-state index is -4.94. The lowest BCUT2D eigenvalue weighted by atomic mass is 9.88. The summed E-state index contributed by atoms with van der Waals surface area (Å²) in [6, 6.07) is 2.75. The summed E-state index contributed by atoms with van der Waals surface area (Å²) in [5, 5.41) is 8.99. The topological polar surface area (TPSA) is 143 Å².